The largest absolute Gasteiger partial charge is 0.393 e. The molecule has 0 aromatic rings. The van der Waals surface area contributed by atoms with Crippen LogP contribution in [-0.2, 0) is 0 Å². The number of aliphatic hydroxyl groups is 1. The molecule has 0 aromatic heterocycles. The lowest BCUT2D eigenvalue weighted by Gasteiger charge is -2.32. The van der Waals surface area contributed by atoms with Gasteiger partial charge in [-0.05, 0) is 50.5 Å². The summed E-state index contributed by atoms with van der Waals surface area (Å²) in [6, 6.07) is 0.688. The zero-order valence-corrected chi connectivity index (χ0v) is 10.5. The van der Waals surface area contributed by atoms with Crippen LogP contribution in [-0.4, -0.2) is 23.8 Å². The van der Waals surface area contributed by atoms with Crippen LogP contribution >= 0.6 is 0 Å². The van der Waals surface area contributed by atoms with Crippen LogP contribution < -0.4 is 5.32 Å². The van der Waals surface area contributed by atoms with E-state index in [9.17, 15) is 5.11 Å². The second kappa shape index (κ2) is 6.49. The van der Waals surface area contributed by atoms with Crippen LogP contribution in [0, 0.1) is 11.8 Å². The van der Waals surface area contributed by atoms with Gasteiger partial charge in [0.25, 0.3) is 0 Å². The highest BCUT2D eigenvalue weighted by molar-refractivity contribution is 4.79. The highest BCUT2D eigenvalue weighted by Gasteiger charge is 2.23. The Morgan fingerprint density at radius 3 is 2.33 bits per heavy atom. The Morgan fingerprint density at radius 2 is 1.80 bits per heavy atom. The summed E-state index contributed by atoms with van der Waals surface area (Å²) in [5.41, 5.74) is 0. The fourth-order valence-electron chi connectivity index (χ4n) is 2.77. The maximum Gasteiger partial charge on any atom is 0.0549 e. The summed E-state index contributed by atoms with van der Waals surface area (Å²) in [7, 11) is 0. The van der Waals surface area contributed by atoms with Crippen molar-refractivity contribution >= 4 is 0 Å². The van der Waals surface area contributed by atoms with Crippen molar-refractivity contribution < 1.29 is 5.11 Å². The van der Waals surface area contributed by atoms with E-state index < -0.39 is 0 Å². The molecule has 1 aliphatic rings. The minimum absolute atomic E-state index is 0.115. The van der Waals surface area contributed by atoms with Crippen molar-refractivity contribution in [3.05, 3.63) is 0 Å². The molecule has 15 heavy (non-hydrogen) atoms. The van der Waals surface area contributed by atoms with E-state index in [0.717, 1.165) is 31.2 Å². The Morgan fingerprint density at radius 1 is 1.20 bits per heavy atom. The second-order valence-electron chi connectivity index (χ2n) is 5.42. The SMILES string of the molecule is CCC(O)CCNC1CC(C)CC(C)C1. The van der Waals surface area contributed by atoms with E-state index in [1.54, 1.807) is 0 Å². The maximum atomic E-state index is 9.45. The van der Waals surface area contributed by atoms with Crippen LogP contribution in [0.25, 0.3) is 0 Å². The fraction of sp³-hybridized carbons (Fsp3) is 1.00. The first-order valence-electron chi connectivity index (χ1n) is 6.53. The Hall–Kier alpha value is -0.0800. The summed E-state index contributed by atoms with van der Waals surface area (Å²) >= 11 is 0. The van der Waals surface area contributed by atoms with E-state index >= 15 is 0 Å². The minimum atomic E-state index is -0.115. The van der Waals surface area contributed by atoms with Crippen molar-refractivity contribution in [1.29, 1.82) is 0 Å². The average molecular weight is 213 g/mol. The molecule has 0 aliphatic heterocycles. The molecule has 1 rings (SSSR count). The van der Waals surface area contributed by atoms with Gasteiger partial charge < -0.3 is 10.4 Å². The van der Waals surface area contributed by atoms with Gasteiger partial charge in [-0.25, -0.2) is 0 Å². The van der Waals surface area contributed by atoms with Crippen molar-refractivity contribution in [1.82, 2.24) is 5.32 Å². The molecule has 90 valence electrons. The van der Waals surface area contributed by atoms with Crippen molar-refractivity contribution in [3.8, 4) is 0 Å². The lowest BCUT2D eigenvalue weighted by molar-refractivity contribution is 0.154. The van der Waals surface area contributed by atoms with E-state index in [1.165, 1.54) is 19.3 Å². The maximum absolute atomic E-state index is 9.45. The van der Waals surface area contributed by atoms with E-state index in [0.29, 0.717) is 6.04 Å². The van der Waals surface area contributed by atoms with E-state index in [4.69, 9.17) is 0 Å². The Kier molecular flexibility index (Phi) is 5.62. The number of aliphatic hydroxyl groups excluding tert-OH is 1. The summed E-state index contributed by atoms with van der Waals surface area (Å²) in [6.45, 7) is 7.71. The summed E-state index contributed by atoms with van der Waals surface area (Å²) in [6.07, 6.45) is 5.67. The molecule has 0 bridgehead atoms. The van der Waals surface area contributed by atoms with Crippen LogP contribution in [0.2, 0.25) is 0 Å². The molecule has 1 aliphatic carbocycles. The molecule has 1 saturated carbocycles. The predicted molar refractivity (Wildman–Crippen MR) is 64.9 cm³/mol. The van der Waals surface area contributed by atoms with Crippen LogP contribution in [0.15, 0.2) is 0 Å². The summed E-state index contributed by atoms with van der Waals surface area (Å²) in [5.74, 6) is 1.73. The number of rotatable bonds is 5. The third-order valence-electron chi connectivity index (χ3n) is 3.56. The second-order valence-corrected chi connectivity index (χ2v) is 5.42. The molecule has 3 unspecified atom stereocenters. The smallest absolute Gasteiger partial charge is 0.0549 e. The van der Waals surface area contributed by atoms with Gasteiger partial charge in [-0.15, -0.1) is 0 Å². The zero-order chi connectivity index (χ0) is 11.3. The summed E-state index contributed by atoms with van der Waals surface area (Å²) in [4.78, 5) is 0. The number of hydrogen-bond donors (Lipinski definition) is 2. The monoisotopic (exact) mass is 213 g/mol. The van der Waals surface area contributed by atoms with E-state index in [1.807, 2.05) is 6.92 Å². The lowest BCUT2D eigenvalue weighted by atomic mass is 9.80. The molecule has 0 spiro atoms. The molecular formula is C13H27NO. The quantitative estimate of drug-likeness (QED) is 0.735. The molecule has 2 nitrogen and oxygen atoms in total. The van der Waals surface area contributed by atoms with Gasteiger partial charge in [-0.3, -0.25) is 0 Å². The van der Waals surface area contributed by atoms with Gasteiger partial charge in [0.2, 0.25) is 0 Å². The third-order valence-corrected chi connectivity index (χ3v) is 3.56. The molecule has 0 saturated heterocycles. The predicted octanol–water partition coefficient (Wildman–Crippen LogP) is 2.56. The number of hydrogen-bond acceptors (Lipinski definition) is 2. The van der Waals surface area contributed by atoms with Gasteiger partial charge in [0.1, 0.15) is 0 Å². The molecule has 0 heterocycles. The minimum Gasteiger partial charge on any atom is -0.393 e. The van der Waals surface area contributed by atoms with E-state index in [-0.39, 0.29) is 6.10 Å². The summed E-state index contributed by atoms with van der Waals surface area (Å²) < 4.78 is 0. The topological polar surface area (TPSA) is 32.3 Å². The van der Waals surface area contributed by atoms with Crippen molar-refractivity contribution in [2.24, 2.45) is 11.8 Å². The van der Waals surface area contributed by atoms with Gasteiger partial charge in [-0.1, -0.05) is 20.8 Å². The Balaban J connectivity index is 2.15. The van der Waals surface area contributed by atoms with Gasteiger partial charge >= 0.3 is 0 Å². The standard InChI is InChI=1S/C13H27NO/c1-4-13(15)5-6-14-12-8-10(2)7-11(3)9-12/h10-15H,4-9H2,1-3H3. The molecule has 0 amide bonds. The van der Waals surface area contributed by atoms with Crippen molar-refractivity contribution in [2.75, 3.05) is 6.54 Å². The highest BCUT2D eigenvalue weighted by atomic mass is 16.3. The van der Waals surface area contributed by atoms with Gasteiger partial charge in [-0.2, -0.15) is 0 Å². The van der Waals surface area contributed by atoms with Gasteiger partial charge in [0.05, 0.1) is 6.10 Å². The normalized spacial score (nSPS) is 34.0. The van der Waals surface area contributed by atoms with Crippen LogP contribution in [0.5, 0.6) is 0 Å². The first-order valence-corrected chi connectivity index (χ1v) is 6.53. The van der Waals surface area contributed by atoms with Crippen molar-refractivity contribution in [2.45, 2.75) is 65.0 Å². The number of nitrogens with one attached hydrogen (secondary N) is 1. The average Bonchev–Trinajstić information content (AvgIpc) is 2.16. The molecule has 2 N–H and O–H groups in total. The Labute approximate surface area is 94.5 Å². The van der Waals surface area contributed by atoms with Crippen LogP contribution in [0.1, 0.15) is 52.9 Å². The first kappa shape index (κ1) is 13.0. The fourth-order valence-corrected chi connectivity index (χ4v) is 2.77. The molecule has 3 atom stereocenters. The summed E-state index contributed by atoms with van der Waals surface area (Å²) in [5, 5.41) is 13.0. The molecule has 0 radical (unpaired) electrons. The van der Waals surface area contributed by atoms with Gasteiger partial charge in [0.15, 0.2) is 0 Å². The molecule has 1 fully saturated rings. The molecule has 2 heteroatoms. The van der Waals surface area contributed by atoms with Crippen LogP contribution in [0.4, 0.5) is 0 Å². The lowest BCUT2D eigenvalue weighted by Crippen LogP contribution is -2.37. The highest BCUT2D eigenvalue weighted by Crippen LogP contribution is 2.28. The first-order chi connectivity index (χ1) is 7.11. The molecular weight excluding hydrogens is 186 g/mol. The Bertz CT molecular complexity index is 162. The van der Waals surface area contributed by atoms with Crippen LogP contribution in [0.3, 0.4) is 0 Å². The molecule has 0 aromatic carbocycles. The third kappa shape index (κ3) is 4.98. The van der Waals surface area contributed by atoms with E-state index in [2.05, 4.69) is 19.2 Å². The zero-order valence-electron chi connectivity index (χ0n) is 10.5. The van der Waals surface area contributed by atoms with Gasteiger partial charge in [0, 0.05) is 6.04 Å². The van der Waals surface area contributed by atoms with Crippen molar-refractivity contribution in [3.63, 3.8) is 0 Å².